The first-order valence-corrected chi connectivity index (χ1v) is 9.05. The molecule has 5 nitrogen and oxygen atoms in total. The molecule has 5 N–H and O–H groups in total. The van der Waals surface area contributed by atoms with Gasteiger partial charge in [-0.3, -0.25) is 9.79 Å². The molecule has 2 aromatic rings. The van der Waals surface area contributed by atoms with Crippen LogP contribution in [0, 0.1) is 12.7 Å². The maximum Gasteiger partial charge on any atom is 0.250 e. The normalized spacial score (nSPS) is 20.1. The molecule has 3 rings (SSSR count). The lowest BCUT2D eigenvalue weighted by atomic mass is 9.76. The van der Waals surface area contributed by atoms with Crippen molar-refractivity contribution >= 4 is 23.5 Å². The number of nitrogens with one attached hydrogen (secondary N) is 1. The quantitative estimate of drug-likeness (QED) is 0.571. The maximum atomic E-state index is 14.7. The van der Waals surface area contributed by atoms with Gasteiger partial charge < -0.3 is 16.8 Å². The molecule has 0 aromatic heterocycles. The van der Waals surface area contributed by atoms with Crippen molar-refractivity contribution in [3.8, 4) is 0 Å². The van der Waals surface area contributed by atoms with Gasteiger partial charge in [-0.2, -0.15) is 0 Å². The van der Waals surface area contributed by atoms with E-state index in [1.54, 1.807) is 12.1 Å². The molecule has 1 atom stereocenters. The van der Waals surface area contributed by atoms with Crippen molar-refractivity contribution in [2.24, 2.45) is 10.7 Å². The summed E-state index contributed by atoms with van der Waals surface area (Å²) in [6.07, 6.45) is 3.52. The Morgan fingerprint density at radius 3 is 2.74 bits per heavy atom. The average molecular weight is 368 g/mol. The van der Waals surface area contributed by atoms with E-state index in [2.05, 4.69) is 17.2 Å². The molecule has 1 amide bonds. The van der Waals surface area contributed by atoms with Crippen LogP contribution in [0.5, 0.6) is 0 Å². The number of rotatable bonds is 4. The van der Waals surface area contributed by atoms with Crippen LogP contribution in [-0.4, -0.2) is 25.2 Å². The molecule has 1 saturated heterocycles. The number of aryl methyl sites for hydroxylation is 1. The Balaban J connectivity index is 1.89. The highest BCUT2D eigenvalue weighted by Crippen LogP contribution is 2.34. The van der Waals surface area contributed by atoms with Gasteiger partial charge in [0.05, 0.1) is 16.9 Å². The average Bonchev–Trinajstić information content (AvgIpc) is 2.62. The van der Waals surface area contributed by atoms with E-state index in [-0.39, 0.29) is 22.5 Å². The topological polar surface area (TPSA) is 93.5 Å². The van der Waals surface area contributed by atoms with Crippen molar-refractivity contribution in [2.75, 3.05) is 18.8 Å². The maximum absolute atomic E-state index is 14.7. The number of amides is 1. The van der Waals surface area contributed by atoms with Gasteiger partial charge in [-0.05, 0) is 61.7 Å². The Hall–Kier alpha value is -2.73. The zero-order valence-electron chi connectivity index (χ0n) is 15.7. The molecule has 0 bridgehead atoms. The first-order valence-electron chi connectivity index (χ1n) is 9.05. The third kappa shape index (κ3) is 4.01. The molecule has 142 valence electrons. The summed E-state index contributed by atoms with van der Waals surface area (Å²) in [6.45, 7) is 5.67. The van der Waals surface area contributed by atoms with Gasteiger partial charge in [0.25, 0.3) is 5.91 Å². The summed E-state index contributed by atoms with van der Waals surface area (Å²) in [5.41, 5.74) is 14.3. The summed E-state index contributed by atoms with van der Waals surface area (Å²) in [5, 5.41) is 3.34. The summed E-state index contributed by atoms with van der Waals surface area (Å²) in [5.74, 6) is -0.846. The number of hydrogen-bond donors (Lipinski definition) is 3. The van der Waals surface area contributed by atoms with Gasteiger partial charge in [0.2, 0.25) is 0 Å². The van der Waals surface area contributed by atoms with Gasteiger partial charge in [-0.1, -0.05) is 13.0 Å². The second-order valence-electron chi connectivity index (χ2n) is 7.44. The van der Waals surface area contributed by atoms with Crippen LogP contribution in [0.25, 0.3) is 0 Å². The van der Waals surface area contributed by atoms with E-state index in [4.69, 9.17) is 11.5 Å². The summed E-state index contributed by atoms with van der Waals surface area (Å²) in [4.78, 5) is 15.8. The van der Waals surface area contributed by atoms with Gasteiger partial charge in [-0.25, -0.2) is 4.39 Å². The molecule has 0 spiro atoms. The van der Waals surface area contributed by atoms with Crippen LogP contribution in [-0.2, 0) is 5.41 Å². The Kier molecular flexibility index (Phi) is 5.28. The lowest BCUT2D eigenvalue weighted by molar-refractivity contribution is 0.100. The first-order chi connectivity index (χ1) is 12.8. The monoisotopic (exact) mass is 368 g/mol. The summed E-state index contributed by atoms with van der Waals surface area (Å²) in [6, 6.07) is 8.50. The molecule has 0 saturated carbocycles. The van der Waals surface area contributed by atoms with Crippen LogP contribution in [0.2, 0.25) is 0 Å². The van der Waals surface area contributed by atoms with Gasteiger partial charge in [0.1, 0.15) is 5.82 Å². The third-order valence-electron chi connectivity index (χ3n) is 5.17. The van der Waals surface area contributed by atoms with Gasteiger partial charge in [0, 0.05) is 23.7 Å². The van der Waals surface area contributed by atoms with Crippen molar-refractivity contribution in [3.63, 3.8) is 0 Å². The number of aliphatic imine (C=N–C) groups is 1. The molecule has 0 aliphatic carbocycles. The van der Waals surface area contributed by atoms with E-state index in [1.807, 2.05) is 19.1 Å². The number of anilines is 1. The van der Waals surface area contributed by atoms with E-state index in [0.717, 1.165) is 31.5 Å². The molecule has 6 heteroatoms. The van der Waals surface area contributed by atoms with Crippen LogP contribution >= 0.6 is 0 Å². The highest BCUT2D eigenvalue weighted by Gasteiger charge is 2.31. The minimum absolute atomic E-state index is 0.206. The molecular weight excluding hydrogens is 343 g/mol. The number of halogens is 1. The van der Waals surface area contributed by atoms with Crippen molar-refractivity contribution in [1.29, 1.82) is 0 Å². The lowest BCUT2D eigenvalue weighted by Crippen LogP contribution is -2.41. The Labute approximate surface area is 158 Å². The van der Waals surface area contributed by atoms with Crippen molar-refractivity contribution in [3.05, 3.63) is 58.4 Å². The van der Waals surface area contributed by atoms with Crippen LogP contribution in [0.15, 0.2) is 35.3 Å². The lowest BCUT2D eigenvalue weighted by Gasteiger charge is -2.34. The van der Waals surface area contributed by atoms with E-state index >= 15 is 0 Å². The summed E-state index contributed by atoms with van der Waals surface area (Å²) >= 11 is 0. The minimum Gasteiger partial charge on any atom is -0.398 e. The standard InChI is InChI=1S/C21H25FN4O/c1-13-8-14(19(23)16(9-13)20(24)27)11-26-15-4-5-17(18(22)10-15)21(2)6-3-7-25-12-21/h4-5,8-11,25H,3,6-7,12,23H2,1-2H3,(H2,24,27)/t21-/m1/s1. The smallest absolute Gasteiger partial charge is 0.250 e. The summed E-state index contributed by atoms with van der Waals surface area (Å²) in [7, 11) is 0. The fourth-order valence-electron chi connectivity index (χ4n) is 3.64. The molecule has 0 unspecified atom stereocenters. The van der Waals surface area contributed by atoms with Crippen LogP contribution in [0.3, 0.4) is 0 Å². The highest BCUT2D eigenvalue weighted by molar-refractivity contribution is 6.03. The highest BCUT2D eigenvalue weighted by atomic mass is 19.1. The van der Waals surface area contributed by atoms with Crippen molar-refractivity contribution < 1.29 is 9.18 Å². The second-order valence-corrected chi connectivity index (χ2v) is 7.44. The van der Waals surface area contributed by atoms with Crippen molar-refractivity contribution in [2.45, 2.75) is 32.1 Å². The van der Waals surface area contributed by atoms with Gasteiger partial charge in [0.15, 0.2) is 0 Å². The Morgan fingerprint density at radius 1 is 1.33 bits per heavy atom. The summed E-state index contributed by atoms with van der Waals surface area (Å²) < 4.78 is 14.7. The zero-order chi connectivity index (χ0) is 19.6. The van der Waals surface area contributed by atoms with Crippen LogP contribution in [0.1, 0.15) is 46.8 Å². The van der Waals surface area contributed by atoms with Gasteiger partial charge in [-0.15, -0.1) is 0 Å². The predicted octanol–water partition coefficient (Wildman–Crippen LogP) is 3.21. The zero-order valence-corrected chi connectivity index (χ0v) is 15.7. The number of piperidine rings is 1. The van der Waals surface area contributed by atoms with E-state index in [1.165, 1.54) is 12.3 Å². The number of benzene rings is 2. The third-order valence-corrected chi connectivity index (χ3v) is 5.17. The Morgan fingerprint density at radius 2 is 2.11 bits per heavy atom. The van der Waals surface area contributed by atoms with E-state index in [9.17, 15) is 9.18 Å². The van der Waals surface area contributed by atoms with Gasteiger partial charge >= 0.3 is 0 Å². The Bertz CT molecular complexity index is 901. The molecular formula is C21H25FN4O. The molecule has 1 fully saturated rings. The molecule has 1 aliphatic heterocycles. The molecule has 0 radical (unpaired) electrons. The SMILES string of the molecule is Cc1cc(C=Nc2ccc([C@]3(C)CCCNC3)c(F)c2)c(N)c(C(N)=O)c1. The second kappa shape index (κ2) is 7.48. The number of primary amides is 1. The number of nitrogen functional groups attached to an aromatic ring is 1. The molecule has 1 aliphatic rings. The number of carbonyl (C=O) groups is 1. The number of nitrogens with zero attached hydrogens (tertiary/aromatic N) is 1. The molecule has 27 heavy (non-hydrogen) atoms. The minimum atomic E-state index is -0.587. The molecule has 2 aromatic carbocycles. The largest absolute Gasteiger partial charge is 0.398 e. The fourth-order valence-corrected chi connectivity index (χ4v) is 3.64. The van der Waals surface area contributed by atoms with Crippen molar-refractivity contribution in [1.82, 2.24) is 5.32 Å². The number of hydrogen-bond acceptors (Lipinski definition) is 4. The van der Waals surface area contributed by atoms with Crippen LogP contribution in [0.4, 0.5) is 15.8 Å². The predicted molar refractivity (Wildman–Crippen MR) is 107 cm³/mol. The van der Waals surface area contributed by atoms with E-state index in [0.29, 0.717) is 16.8 Å². The first kappa shape index (κ1) is 19.0. The fraction of sp³-hybridized carbons (Fsp3) is 0.333. The van der Waals surface area contributed by atoms with E-state index < -0.39 is 5.91 Å². The van der Waals surface area contributed by atoms with Crippen LogP contribution < -0.4 is 16.8 Å². The number of nitrogens with two attached hydrogens (primary N) is 2. The number of carbonyl (C=O) groups excluding carboxylic acids is 1. The molecule has 1 heterocycles.